The van der Waals surface area contributed by atoms with E-state index in [4.69, 9.17) is 33.7 Å². The molecule has 2 aromatic rings. The van der Waals surface area contributed by atoms with E-state index in [-0.39, 0.29) is 5.95 Å². The molecule has 134 valence electrons. The van der Waals surface area contributed by atoms with Crippen molar-refractivity contribution in [2.24, 2.45) is 0 Å². The van der Waals surface area contributed by atoms with Gasteiger partial charge in [-0.2, -0.15) is 15.0 Å². The van der Waals surface area contributed by atoms with E-state index in [1.54, 1.807) is 18.2 Å². The van der Waals surface area contributed by atoms with Gasteiger partial charge in [0.05, 0.1) is 5.02 Å². The van der Waals surface area contributed by atoms with Crippen LogP contribution in [0, 0.1) is 0 Å². The minimum atomic E-state index is -0.451. The molecule has 1 aliphatic rings. The Kier molecular flexibility index (Phi) is 5.46. The van der Waals surface area contributed by atoms with Crippen LogP contribution in [0.25, 0.3) is 0 Å². The van der Waals surface area contributed by atoms with Gasteiger partial charge in [0.25, 0.3) is 0 Å². The first kappa shape index (κ1) is 18.0. The summed E-state index contributed by atoms with van der Waals surface area (Å²) in [5, 5.41) is 0.789. The highest BCUT2D eigenvalue weighted by Crippen LogP contribution is 2.34. The molecule has 0 saturated carbocycles. The Morgan fingerprint density at radius 1 is 1.12 bits per heavy atom. The summed E-state index contributed by atoms with van der Waals surface area (Å²) >= 11 is 12.2. The van der Waals surface area contributed by atoms with Gasteiger partial charge < -0.3 is 20.3 Å². The maximum atomic E-state index is 6.18. The van der Waals surface area contributed by atoms with Crippen LogP contribution in [0.4, 0.5) is 11.9 Å². The van der Waals surface area contributed by atoms with Crippen LogP contribution < -0.4 is 15.4 Å². The zero-order chi connectivity index (χ0) is 18.0. The number of halogens is 2. The van der Waals surface area contributed by atoms with Gasteiger partial charge in [-0.3, -0.25) is 0 Å². The SMILES string of the molecule is CC(Oc1cccc(Cl)c1Cl)c1nc(N)nc(N2CCN(C)CC2)n1. The third-order valence-electron chi connectivity index (χ3n) is 4.03. The molecule has 0 aliphatic carbocycles. The van der Waals surface area contributed by atoms with Gasteiger partial charge in [0, 0.05) is 26.2 Å². The highest BCUT2D eigenvalue weighted by molar-refractivity contribution is 6.42. The molecule has 0 bridgehead atoms. The largest absolute Gasteiger partial charge is 0.481 e. The van der Waals surface area contributed by atoms with Crippen LogP contribution in [-0.2, 0) is 0 Å². The molecule has 1 saturated heterocycles. The van der Waals surface area contributed by atoms with Crippen molar-refractivity contribution < 1.29 is 4.74 Å². The zero-order valence-electron chi connectivity index (χ0n) is 14.1. The fraction of sp³-hybridized carbons (Fsp3) is 0.438. The molecule has 2 heterocycles. The van der Waals surface area contributed by atoms with Crippen molar-refractivity contribution in [1.82, 2.24) is 19.9 Å². The maximum absolute atomic E-state index is 6.18. The highest BCUT2D eigenvalue weighted by Gasteiger charge is 2.21. The Labute approximate surface area is 156 Å². The zero-order valence-corrected chi connectivity index (χ0v) is 15.6. The van der Waals surface area contributed by atoms with E-state index in [1.165, 1.54) is 0 Å². The van der Waals surface area contributed by atoms with Gasteiger partial charge in [0.2, 0.25) is 11.9 Å². The second-order valence-corrected chi connectivity index (χ2v) is 6.74. The summed E-state index contributed by atoms with van der Waals surface area (Å²) in [6, 6.07) is 5.22. The molecule has 0 amide bonds. The minimum Gasteiger partial charge on any atom is -0.481 e. The van der Waals surface area contributed by atoms with Crippen molar-refractivity contribution in [3.63, 3.8) is 0 Å². The highest BCUT2D eigenvalue weighted by atomic mass is 35.5. The predicted molar refractivity (Wildman–Crippen MR) is 99.5 cm³/mol. The van der Waals surface area contributed by atoms with Gasteiger partial charge in [0.1, 0.15) is 10.8 Å². The number of rotatable bonds is 4. The van der Waals surface area contributed by atoms with Crippen LogP contribution in [0.5, 0.6) is 5.75 Å². The van der Waals surface area contributed by atoms with Crippen molar-refractivity contribution in [2.45, 2.75) is 13.0 Å². The van der Waals surface area contributed by atoms with E-state index >= 15 is 0 Å². The van der Waals surface area contributed by atoms with Gasteiger partial charge in [0.15, 0.2) is 11.9 Å². The number of benzene rings is 1. The predicted octanol–water partition coefficient (Wildman–Crippen LogP) is 2.65. The molecule has 2 N–H and O–H groups in total. The first-order valence-electron chi connectivity index (χ1n) is 7.99. The quantitative estimate of drug-likeness (QED) is 0.869. The van der Waals surface area contributed by atoms with E-state index < -0.39 is 6.10 Å². The number of nitrogen functional groups attached to an aromatic ring is 1. The Morgan fingerprint density at radius 3 is 2.56 bits per heavy atom. The normalized spacial score (nSPS) is 16.7. The third kappa shape index (κ3) is 4.23. The second kappa shape index (κ2) is 7.59. The maximum Gasteiger partial charge on any atom is 0.230 e. The molecule has 7 nitrogen and oxygen atoms in total. The van der Waals surface area contributed by atoms with E-state index in [1.807, 2.05) is 6.92 Å². The number of anilines is 2. The fourth-order valence-electron chi connectivity index (χ4n) is 2.55. The lowest BCUT2D eigenvalue weighted by molar-refractivity contribution is 0.216. The summed E-state index contributed by atoms with van der Waals surface area (Å²) in [6.07, 6.45) is -0.451. The molecular formula is C16H20Cl2N6O. The molecule has 1 aliphatic heterocycles. The molecular weight excluding hydrogens is 363 g/mol. The van der Waals surface area contributed by atoms with Gasteiger partial charge in [-0.25, -0.2) is 0 Å². The summed E-state index contributed by atoms with van der Waals surface area (Å²) in [7, 11) is 2.09. The van der Waals surface area contributed by atoms with Gasteiger partial charge >= 0.3 is 0 Å². The number of aromatic nitrogens is 3. The van der Waals surface area contributed by atoms with E-state index in [0.29, 0.717) is 27.6 Å². The third-order valence-corrected chi connectivity index (χ3v) is 4.83. The number of hydrogen-bond donors (Lipinski definition) is 1. The average Bonchev–Trinajstić information content (AvgIpc) is 2.59. The molecule has 1 atom stereocenters. The molecule has 9 heteroatoms. The van der Waals surface area contributed by atoms with Crippen molar-refractivity contribution in [1.29, 1.82) is 0 Å². The number of hydrogen-bond acceptors (Lipinski definition) is 7. The van der Waals surface area contributed by atoms with Crippen molar-refractivity contribution in [3.05, 3.63) is 34.1 Å². The fourth-order valence-corrected chi connectivity index (χ4v) is 2.88. The first-order valence-corrected chi connectivity index (χ1v) is 8.75. The van der Waals surface area contributed by atoms with Crippen LogP contribution in [0.1, 0.15) is 18.9 Å². The van der Waals surface area contributed by atoms with Gasteiger partial charge in [-0.1, -0.05) is 29.3 Å². The molecule has 1 aromatic heterocycles. The van der Waals surface area contributed by atoms with E-state index in [9.17, 15) is 0 Å². The summed E-state index contributed by atoms with van der Waals surface area (Å²) in [5.41, 5.74) is 5.88. The van der Waals surface area contributed by atoms with Crippen LogP contribution in [-0.4, -0.2) is 53.1 Å². The molecule has 1 aromatic carbocycles. The Hall–Kier alpha value is -1.83. The van der Waals surface area contributed by atoms with E-state index in [2.05, 4.69) is 31.8 Å². The lowest BCUT2D eigenvalue weighted by Gasteiger charge is -2.32. The molecule has 1 unspecified atom stereocenters. The smallest absolute Gasteiger partial charge is 0.230 e. The molecule has 1 fully saturated rings. The Morgan fingerprint density at radius 2 is 1.84 bits per heavy atom. The number of nitrogens with zero attached hydrogens (tertiary/aromatic N) is 5. The molecule has 3 rings (SSSR count). The summed E-state index contributed by atoms with van der Waals surface area (Å²) in [4.78, 5) is 17.4. The van der Waals surface area contributed by atoms with Crippen LogP contribution >= 0.6 is 23.2 Å². The topological polar surface area (TPSA) is 80.4 Å². The van der Waals surface area contributed by atoms with Crippen LogP contribution in [0.15, 0.2) is 18.2 Å². The second-order valence-electron chi connectivity index (χ2n) is 5.95. The van der Waals surface area contributed by atoms with Gasteiger partial charge in [-0.05, 0) is 26.1 Å². The van der Waals surface area contributed by atoms with Crippen molar-refractivity contribution in [3.8, 4) is 5.75 Å². The van der Waals surface area contributed by atoms with Crippen LogP contribution in [0.3, 0.4) is 0 Å². The number of likely N-dealkylation sites (N-methyl/N-ethyl adjacent to an activating group) is 1. The number of ether oxygens (including phenoxy) is 1. The minimum absolute atomic E-state index is 0.173. The monoisotopic (exact) mass is 382 g/mol. The average molecular weight is 383 g/mol. The molecule has 0 radical (unpaired) electrons. The summed E-state index contributed by atoms with van der Waals surface area (Å²) in [5.74, 6) is 1.68. The first-order chi connectivity index (χ1) is 11.9. The van der Waals surface area contributed by atoms with Crippen molar-refractivity contribution >= 4 is 35.1 Å². The summed E-state index contributed by atoms with van der Waals surface area (Å²) in [6.45, 7) is 5.42. The Balaban J connectivity index is 1.80. The standard InChI is InChI=1S/C16H20Cl2N6O/c1-10(25-12-5-3-4-11(17)13(12)18)14-20-15(19)22-16(21-14)24-8-6-23(2)7-9-24/h3-5,10H,6-9H2,1-2H3,(H2,19,20,21,22). The number of nitrogens with two attached hydrogens (primary N) is 1. The lowest BCUT2D eigenvalue weighted by atomic mass is 10.3. The van der Waals surface area contributed by atoms with Crippen molar-refractivity contribution in [2.75, 3.05) is 43.9 Å². The summed E-state index contributed by atoms with van der Waals surface area (Å²) < 4.78 is 5.87. The molecule has 25 heavy (non-hydrogen) atoms. The lowest BCUT2D eigenvalue weighted by Crippen LogP contribution is -2.45. The molecule has 0 spiro atoms. The Bertz CT molecular complexity index is 751. The van der Waals surface area contributed by atoms with E-state index in [0.717, 1.165) is 26.2 Å². The number of piperazine rings is 1. The van der Waals surface area contributed by atoms with Gasteiger partial charge in [-0.15, -0.1) is 0 Å². The van der Waals surface area contributed by atoms with Crippen LogP contribution in [0.2, 0.25) is 10.0 Å².